The fourth-order valence-electron chi connectivity index (χ4n) is 1.92. The third kappa shape index (κ3) is 2.89. The van der Waals surface area contributed by atoms with Gasteiger partial charge in [-0.2, -0.15) is 0 Å². The van der Waals surface area contributed by atoms with Gasteiger partial charge in [-0.05, 0) is 18.3 Å². The summed E-state index contributed by atoms with van der Waals surface area (Å²) >= 11 is 0. The van der Waals surface area contributed by atoms with E-state index in [2.05, 4.69) is 11.0 Å². The van der Waals surface area contributed by atoms with Gasteiger partial charge in [-0.15, -0.1) is 6.61 Å². The van der Waals surface area contributed by atoms with Gasteiger partial charge in [0, 0.05) is 13.1 Å². The van der Waals surface area contributed by atoms with E-state index in [1.54, 1.807) is 0 Å². The molecule has 14 heavy (non-hydrogen) atoms. The van der Waals surface area contributed by atoms with Crippen LogP contribution in [0, 0.1) is 5.41 Å². The average Bonchev–Trinajstić information content (AvgIpc) is 2.78. The second-order valence-corrected chi connectivity index (χ2v) is 4.25. The maximum atomic E-state index is 10.9. The number of rotatable bonds is 4. The van der Waals surface area contributed by atoms with Crippen LogP contribution in [-0.2, 0) is 0 Å². The Morgan fingerprint density at radius 1 is 1.50 bits per heavy atom. The Labute approximate surface area is 128 Å². The van der Waals surface area contributed by atoms with Crippen LogP contribution < -0.4 is 56.5 Å². The SMILES string of the molecule is [K+].[O-]CC1(CN2CC=CC2CO)CC1. The van der Waals surface area contributed by atoms with Gasteiger partial charge < -0.3 is 10.2 Å². The van der Waals surface area contributed by atoms with Gasteiger partial charge in [-0.3, -0.25) is 4.90 Å². The third-order valence-electron chi connectivity index (χ3n) is 3.16. The summed E-state index contributed by atoms with van der Waals surface area (Å²) in [7, 11) is 0. The van der Waals surface area contributed by atoms with Gasteiger partial charge in [-0.25, -0.2) is 0 Å². The van der Waals surface area contributed by atoms with E-state index in [0.29, 0.717) is 0 Å². The van der Waals surface area contributed by atoms with Crippen molar-refractivity contribution in [2.45, 2.75) is 18.9 Å². The van der Waals surface area contributed by atoms with Crippen LogP contribution in [0.3, 0.4) is 0 Å². The first-order chi connectivity index (χ1) is 6.29. The molecule has 1 saturated carbocycles. The molecule has 2 aliphatic rings. The van der Waals surface area contributed by atoms with Crippen LogP contribution in [0.5, 0.6) is 0 Å². The Bertz CT molecular complexity index is 216. The van der Waals surface area contributed by atoms with Crippen molar-refractivity contribution in [1.82, 2.24) is 4.90 Å². The van der Waals surface area contributed by atoms with E-state index in [1.807, 2.05) is 6.08 Å². The van der Waals surface area contributed by atoms with Crippen molar-refractivity contribution < 1.29 is 61.6 Å². The predicted octanol–water partition coefficient (Wildman–Crippen LogP) is -3.64. The van der Waals surface area contributed by atoms with E-state index in [9.17, 15) is 5.11 Å². The molecule has 0 spiro atoms. The molecule has 74 valence electrons. The second kappa shape index (κ2) is 5.54. The monoisotopic (exact) mass is 221 g/mol. The van der Waals surface area contributed by atoms with Crippen molar-refractivity contribution in [3.05, 3.63) is 12.2 Å². The van der Waals surface area contributed by atoms with Gasteiger partial charge in [0.15, 0.2) is 0 Å². The molecule has 1 aliphatic carbocycles. The van der Waals surface area contributed by atoms with E-state index in [4.69, 9.17) is 5.11 Å². The Morgan fingerprint density at radius 2 is 2.21 bits per heavy atom. The molecule has 1 N–H and O–H groups in total. The number of hydrogen-bond acceptors (Lipinski definition) is 3. The standard InChI is InChI=1S/C10H16NO2.K/c12-6-9-2-1-5-11(9)7-10(8-13)3-4-10;/h1-2,9,12H,3-8H2;/q-1;+1. The zero-order valence-corrected chi connectivity index (χ0v) is 11.9. The molecule has 0 aromatic carbocycles. The van der Waals surface area contributed by atoms with Crippen molar-refractivity contribution in [2.75, 3.05) is 26.3 Å². The smallest absolute Gasteiger partial charge is 0.854 e. The largest absolute Gasteiger partial charge is 1.00 e. The van der Waals surface area contributed by atoms with Crippen molar-refractivity contribution in [1.29, 1.82) is 0 Å². The predicted molar refractivity (Wildman–Crippen MR) is 48.1 cm³/mol. The third-order valence-corrected chi connectivity index (χ3v) is 3.16. The summed E-state index contributed by atoms with van der Waals surface area (Å²) in [6, 6.07) is 0.157. The van der Waals surface area contributed by atoms with E-state index in [1.165, 1.54) is 0 Å². The van der Waals surface area contributed by atoms with Crippen LogP contribution in [0.4, 0.5) is 0 Å². The molecule has 1 atom stereocenters. The topological polar surface area (TPSA) is 46.5 Å². The van der Waals surface area contributed by atoms with Crippen LogP contribution >= 0.6 is 0 Å². The molecule has 0 aromatic rings. The minimum atomic E-state index is 0. The second-order valence-electron chi connectivity index (χ2n) is 4.25. The van der Waals surface area contributed by atoms with Crippen LogP contribution in [0.15, 0.2) is 12.2 Å². The zero-order chi connectivity index (χ0) is 9.31. The molecule has 3 nitrogen and oxygen atoms in total. The molecule has 1 heterocycles. The van der Waals surface area contributed by atoms with E-state index < -0.39 is 0 Å². The molecule has 0 bridgehead atoms. The van der Waals surface area contributed by atoms with Gasteiger partial charge in [0.05, 0.1) is 12.6 Å². The number of nitrogens with zero attached hydrogens (tertiary/aromatic N) is 1. The first-order valence-electron chi connectivity index (χ1n) is 4.89. The first kappa shape index (κ1) is 13.3. The van der Waals surface area contributed by atoms with E-state index in [0.717, 1.165) is 25.9 Å². The molecule has 4 heteroatoms. The fourth-order valence-corrected chi connectivity index (χ4v) is 1.92. The summed E-state index contributed by atoms with van der Waals surface area (Å²) in [6.45, 7) is 1.98. The first-order valence-corrected chi connectivity index (χ1v) is 4.89. The summed E-state index contributed by atoms with van der Waals surface area (Å²) < 4.78 is 0. The molecule has 2 rings (SSSR count). The summed E-state index contributed by atoms with van der Waals surface area (Å²) in [5.41, 5.74) is 0.0550. The van der Waals surface area contributed by atoms with Gasteiger partial charge in [0.25, 0.3) is 0 Å². The van der Waals surface area contributed by atoms with Gasteiger partial charge in [-0.1, -0.05) is 12.2 Å². The summed E-state index contributed by atoms with van der Waals surface area (Å²) in [5, 5.41) is 19.9. The number of hydrogen-bond donors (Lipinski definition) is 1. The van der Waals surface area contributed by atoms with Crippen molar-refractivity contribution >= 4 is 0 Å². The van der Waals surface area contributed by atoms with E-state index >= 15 is 0 Å². The van der Waals surface area contributed by atoms with Crippen molar-refractivity contribution in [2.24, 2.45) is 5.41 Å². The van der Waals surface area contributed by atoms with Crippen LogP contribution in [-0.4, -0.2) is 42.4 Å². The Balaban J connectivity index is 0.000000980. The maximum Gasteiger partial charge on any atom is 1.00 e. The molecular weight excluding hydrogens is 205 g/mol. The molecule has 1 unspecified atom stereocenters. The van der Waals surface area contributed by atoms with E-state index in [-0.39, 0.29) is 76.1 Å². The molecule has 0 radical (unpaired) electrons. The number of aliphatic hydroxyl groups is 1. The Hall–Kier alpha value is 1.26. The van der Waals surface area contributed by atoms with Crippen LogP contribution in [0.25, 0.3) is 0 Å². The summed E-state index contributed by atoms with van der Waals surface area (Å²) in [5.74, 6) is 0. The molecular formula is C10H16KNO2. The normalized spacial score (nSPS) is 28.9. The quantitative estimate of drug-likeness (QED) is 0.394. The minimum Gasteiger partial charge on any atom is -0.854 e. The summed E-state index contributed by atoms with van der Waals surface area (Å²) in [4.78, 5) is 2.20. The van der Waals surface area contributed by atoms with Crippen LogP contribution in [0.1, 0.15) is 12.8 Å². The molecule has 0 amide bonds. The zero-order valence-electron chi connectivity index (χ0n) is 8.78. The van der Waals surface area contributed by atoms with Gasteiger partial charge in [0.2, 0.25) is 0 Å². The molecule has 1 aliphatic heterocycles. The average molecular weight is 221 g/mol. The van der Waals surface area contributed by atoms with Crippen LogP contribution in [0.2, 0.25) is 0 Å². The van der Waals surface area contributed by atoms with Crippen molar-refractivity contribution in [3.8, 4) is 0 Å². The fraction of sp³-hybridized carbons (Fsp3) is 0.800. The van der Waals surface area contributed by atoms with Gasteiger partial charge in [0.1, 0.15) is 0 Å². The van der Waals surface area contributed by atoms with Crippen molar-refractivity contribution in [3.63, 3.8) is 0 Å². The summed E-state index contributed by atoms with van der Waals surface area (Å²) in [6.07, 6.45) is 6.25. The molecule has 1 fully saturated rings. The van der Waals surface area contributed by atoms with Gasteiger partial charge >= 0.3 is 51.4 Å². The minimum absolute atomic E-state index is 0. The Morgan fingerprint density at radius 3 is 2.71 bits per heavy atom. The number of aliphatic hydroxyl groups excluding tert-OH is 1. The molecule has 0 aromatic heterocycles. The molecule has 0 saturated heterocycles. The Kier molecular flexibility index (Phi) is 5.28. The maximum absolute atomic E-state index is 10.9.